The Bertz CT molecular complexity index is 769. The molecule has 24 heavy (non-hydrogen) atoms. The topological polar surface area (TPSA) is 75.3 Å². The maximum Gasteiger partial charge on any atom is 0.315 e. The molecule has 5 nitrogen and oxygen atoms in total. The van der Waals surface area contributed by atoms with Crippen molar-refractivity contribution in [3.63, 3.8) is 0 Å². The zero-order valence-corrected chi connectivity index (χ0v) is 15.6. The van der Waals surface area contributed by atoms with Gasteiger partial charge in [0, 0.05) is 12.3 Å². The van der Waals surface area contributed by atoms with Crippen molar-refractivity contribution in [1.82, 2.24) is 10.6 Å². The second kappa shape index (κ2) is 7.81. The molecule has 0 spiro atoms. The van der Waals surface area contributed by atoms with E-state index in [-0.39, 0.29) is 23.0 Å². The highest BCUT2D eigenvalue weighted by molar-refractivity contribution is 7.90. The molecular formula is C17H22N2O3S2. The molecule has 0 radical (unpaired) electrons. The van der Waals surface area contributed by atoms with Gasteiger partial charge in [-0.2, -0.15) is 11.3 Å². The van der Waals surface area contributed by atoms with Crippen LogP contribution in [0, 0.1) is 0 Å². The highest BCUT2D eigenvalue weighted by atomic mass is 32.2. The Morgan fingerprint density at radius 1 is 1.12 bits per heavy atom. The Hall–Kier alpha value is -1.86. The molecule has 2 N–H and O–H groups in total. The zero-order valence-electron chi connectivity index (χ0n) is 13.9. The summed E-state index contributed by atoms with van der Waals surface area (Å²) in [4.78, 5) is 12.3. The quantitative estimate of drug-likeness (QED) is 0.825. The molecule has 0 saturated carbocycles. The van der Waals surface area contributed by atoms with Crippen molar-refractivity contribution in [1.29, 1.82) is 0 Å². The van der Waals surface area contributed by atoms with E-state index >= 15 is 0 Å². The predicted molar refractivity (Wildman–Crippen MR) is 97.1 cm³/mol. The summed E-state index contributed by atoms with van der Waals surface area (Å²) in [6.45, 7) is 3.82. The van der Waals surface area contributed by atoms with Gasteiger partial charge >= 0.3 is 6.03 Å². The van der Waals surface area contributed by atoms with E-state index in [2.05, 4.69) is 16.0 Å². The number of carbonyl (C=O) groups excluding carboxylic acids is 1. The SMILES string of the molecule is C[C@H](Cc1ccsc1)NC(=O)N[C@H](C)c1ccc(S(C)(=O)=O)cc1. The van der Waals surface area contributed by atoms with Gasteiger partial charge in [0.2, 0.25) is 0 Å². The Kier molecular flexibility index (Phi) is 6.01. The summed E-state index contributed by atoms with van der Waals surface area (Å²) in [5.74, 6) is 0. The first-order valence-electron chi connectivity index (χ1n) is 7.64. The van der Waals surface area contributed by atoms with E-state index in [0.717, 1.165) is 12.0 Å². The monoisotopic (exact) mass is 366 g/mol. The minimum absolute atomic E-state index is 0.0272. The third kappa shape index (κ3) is 5.35. The summed E-state index contributed by atoms with van der Waals surface area (Å²) in [5.41, 5.74) is 2.06. The van der Waals surface area contributed by atoms with Gasteiger partial charge in [-0.1, -0.05) is 12.1 Å². The maximum atomic E-state index is 12.1. The third-order valence-corrected chi connectivity index (χ3v) is 5.52. The van der Waals surface area contributed by atoms with Crippen LogP contribution in [-0.4, -0.2) is 26.7 Å². The van der Waals surface area contributed by atoms with Gasteiger partial charge in [-0.25, -0.2) is 13.2 Å². The van der Waals surface area contributed by atoms with Crippen molar-refractivity contribution in [2.75, 3.05) is 6.26 Å². The van der Waals surface area contributed by atoms with Gasteiger partial charge in [-0.05, 0) is 60.4 Å². The number of rotatable bonds is 6. The number of carbonyl (C=O) groups is 1. The van der Waals surface area contributed by atoms with Crippen molar-refractivity contribution in [2.45, 2.75) is 37.2 Å². The van der Waals surface area contributed by atoms with E-state index in [1.807, 2.05) is 25.3 Å². The van der Waals surface area contributed by atoms with Gasteiger partial charge in [0.25, 0.3) is 0 Å². The second-order valence-corrected chi connectivity index (χ2v) is 8.71. The van der Waals surface area contributed by atoms with E-state index in [9.17, 15) is 13.2 Å². The minimum atomic E-state index is -3.21. The fourth-order valence-electron chi connectivity index (χ4n) is 2.36. The van der Waals surface area contributed by atoms with Crippen LogP contribution in [-0.2, 0) is 16.3 Å². The van der Waals surface area contributed by atoms with Crippen molar-refractivity contribution in [3.05, 3.63) is 52.2 Å². The fourth-order valence-corrected chi connectivity index (χ4v) is 3.67. The number of urea groups is 1. The van der Waals surface area contributed by atoms with Crippen LogP contribution in [0.3, 0.4) is 0 Å². The molecule has 1 heterocycles. The van der Waals surface area contributed by atoms with Crippen LogP contribution < -0.4 is 10.6 Å². The first-order chi connectivity index (χ1) is 11.3. The molecule has 130 valence electrons. The molecule has 0 aliphatic heterocycles. The smallest absolute Gasteiger partial charge is 0.315 e. The maximum absolute atomic E-state index is 12.1. The normalized spacial score (nSPS) is 14.0. The van der Waals surface area contributed by atoms with Crippen molar-refractivity contribution in [3.8, 4) is 0 Å². The van der Waals surface area contributed by atoms with Gasteiger partial charge < -0.3 is 10.6 Å². The van der Waals surface area contributed by atoms with E-state index in [1.165, 1.54) is 11.8 Å². The van der Waals surface area contributed by atoms with Crippen LogP contribution >= 0.6 is 11.3 Å². The Labute approximate surface area is 147 Å². The van der Waals surface area contributed by atoms with E-state index < -0.39 is 9.84 Å². The molecule has 2 rings (SSSR count). The predicted octanol–water partition coefficient (Wildman–Crippen LogP) is 3.14. The lowest BCUT2D eigenvalue weighted by Gasteiger charge is -2.18. The van der Waals surface area contributed by atoms with Crippen molar-refractivity contribution < 1.29 is 13.2 Å². The Morgan fingerprint density at radius 3 is 2.33 bits per heavy atom. The van der Waals surface area contributed by atoms with Gasteiger partial charge in [-0.3, -0.25) is 0 Å². The molecule has 0 aliphatic carbocycles. The first kappa shape index (κ1) is 18.5. The highest BCUT2D eigenvalue weighted by Gasteiger charge is 2.13. The molecule has 2 amide bonds. The zero-order chi connectivity index (χ0) is 17.7. The number of sulfone groups is 1. The first-order valence-corrected chi connectivity index (χ1v) is 10.5. The number of hydrogen-bond donors (Lipinski definition) is 2. The number of amides is 2. The van der Waals surface area contributed by atoms with E-state index in [0.29, 0.717) is 0 Å². The van der Waals surface area contributed by atoms with Gasteiger partial charge in [0.05, 0.1) is 10.9 Å². The lowest BCUT2D eigenvalue weighted by molar-refractivity contribution is 0.234. The van der Waals surface area contributed by atoms with E-state index in [4.69, 9.17) is 0 Å². The molecular weight excluding hydrogens is 344 g/mol. The molecule has 2 atom stereocenters. The van der Waals surface area contributed by atoms with Gasteiger partial charge in [0.1, 0.15) is 0 Å². The standard InChI is InChI=1S/C17H22N2O3S2/c1-12(10-14-8-9-23-11-14)18-17(20)19-13(2)15-4-6-16(7-5-15)24(3,21)22/h4-9,11-13H,10H2,1-3H3,(H2,18,19,20)/t12-,13-/m1/s1. The average Bonchev–Trinajstić information content (AvgIpc) is 2.98. The molecule has 1 aromatic carbocycles. The lowest BCUT2D eigenvalue weighted by Crippen LogP contribution is -2.42. The van der Waals surface area contributed by atoms with Crippen LogP contribution in [0.1, 0.15) is 31.0 Å². The summed E-state index contributed by atoms with van der Waals surface area (Å²) in [6, 6.07) is 8.17. The second-order valence-electron chi connectivity index (χ2n) is 5.92. The molecule has 0 saturated heterocycles. The largest absolute Gasteiger partial charge is 0.335 e. The van der Waals surface area contributed by atoms with Crippen molar-refractivity contribution >= 4 is 27.2 Å². The summed E-state index contributed by atoms with van der Waals surface area (Å²) < 4.78 is 22.9. The molecule has 0 fully saturated rings. The Morgan fingerprint density at radius 2 is 1.79 bits per heavy atom. The van der Waals surface area contributed by atoms with Crippen LogP contribution in [0.5, 0.6) is 0 Å². The van der Waals surface area contributed by atoms with Crippen LogP contribution in [0.25, 0.3) is 0 Å². The number of benzene rings is 1. The van der Waals surface area contributed by atoms with E-state index in [1.54, 1.807) is 35.6 Å². The molecule has 0 unspecified atom stereocenters. The molecule has 7 heteroatoms. The average molecular weight is 367 g/mol. The fraction of sp³-hybridized carbons (Fsp3) is 0.353. The Balaban J connectivity index is 1.89. The molecule has 1 aromatic heterocycles. The number of hydrogen-bond acceptors (Lipinski definition) is 4. The summed E-state index contributed by atoms with van der Waals surface area (Å²) >= 11 is 1.64. The number of nitrogens with one attached hydrogen (secondary N) is 2. The number of thiophene rings is 1. The van der Waals surface area contributed by atoms with Gasteiger partial charge in [-0.15, -0.1) is 0 Å². The van der Waals surface area contributed by atoms with Crippen LogP contribution in [0.2, 0.25) is 0 Å². The highest BCUT2D eigenvalue weighted by Crippen LogP contribution is 2.16. The van der Waals surface area contributed by atoms with Crippen LogP contribution in [0.4, 0.5) is 4.79 Å². The minimum Gasteiger partial charge on any atom is -0.335 e. The summed E-state index contributed by atoms with van der Waals surface area (Å²) in [7, 11) is -3.21. The summed E-state index contributed by atoms with van der Waals surface area (Å²) in [6.07, 6.45) is 1.96. The summed E-state index contributed by atoms with van der Waals surface area (Å²) in [5, 5.41) is 9.87. The lowest BCUT2D eigenvalue weighted by atomic mass is 10.1. The van der Waals surface area contributed by atoms with Gasteiger partial charge in [0.15, 0.2) is 9.84 Å². The molecule has 2 aromatic rings. The molecule has 0 bridgehead atoms. The molecule has 0 aliphatic rings. The van der Waals surface area contributed by atoms with Crippen molar-refractivity contribution in [2.24, 2.45) is 0 Å². The van der Waals surface area contributed by atoms with Crippen LogP contribution in [0.15, 0.2) is 46.0 Å². The third-order valence-electron chi connectivity index (χ3n) is 3.66.